The van der Waals surface area contributed by atoms with Crippen molar-refractivity contribution in [1.29, 1.82) is 0 Å². The first-order valence-corrected chi connectivity index (χ1v) is 10.6. The number of Topliss-reactive ketones (excluding diaryl/α,β-unsaturated/α-hetero) is 1. The van der Waals surface area contributed by atoms with Crippen LogP contribution in [0.4, 0.5) is 5.69 Å². The Labute approximate surface area is 169 Å². The summed E-state index contributed by atoms with van der Waals surface area (Å²) < 4.78 is 29.0. The summed E-state index contributed by atoms with van der Waals surface area (Å²) >= 11 is 2.00. The van der Waals surface area contributed by atoms with E-state index in [0.717, 1.165) is 3.57 Å². The van der Waals surface area contributed by atoms with Gasteiger partial charge in [0.25, 0.3) is 10.0 Å². The number of aromatic carboxylic acids is 1. The summed E-state index contributed by atoms with van der Waals surface area (Å²) in [5, 5.41) is 12.0. The number of carbonyl (C=O) groups excluding carboxylic acids is 1. The van der Waals surface area contributed by atoms with Crippen LogP contribution >= 0.6 is 22.6 Å². The highest BCUT2D eigenvalue weighted by atomic mass is 127. The number of hydrogen-bond acceptors (Lipinski definition) is 5. The van der Waals surface area contributed by atoms with Crippen molar-refractivity contribution in [3.63, 3.8) is 0 Å². The molecular weight excluding hydrogens is 483 g/mol. The van der Waals surface area contributed by atoms with E-state index in [1.54, 1.807) is 30.3 Å². The lowest BCUT2D eigenvalue weighted by Crippen LogP contribution is -2.29. The van der Waals surface area contributed by atoms with Gasteiger partial charge >= 0.3 is 5.97 Å². The maximum Gasteiger partial charge on any atom is 0.335 e. The van der Waals surface area contributed by atoms with E-state index in [1.165, 1.54) is 12.1 Å². The van der Waals surface area contributed by atoms with Gasteiger partial charge in [0.1, 0.15) is 4.90 Å². The molecular formula is C18H15IN2O5S. The molecule has 0 amide bonds. The second-order valence-electron chi connectivity index (χ2n) is 5.92. The summed E-state index contributed by atoms with van der Waals surface area (Å²) in [6, 6.07) is 11.4. The monoisotopic (exact) mass is 498 g/mol. The van der Waals surface area contributed by atoms with Crippen molar-refractivity contribution in [3.8, 4) is 0 Å². The van der Waals surface area contributed by atoms with E-state index in [1.807, 2.05) is 22.6 Å². The van der Waals surface area contributed by atoms with E-state index in [9.17, 15) is 23.1 Å². The van der Waals surface area contributed by atoms with E-state index < -0.39 is 21.8 Å². The van der Waals surface area contributed by atoms with E-state index in [-0.39, 0.29) is 22.7 Å². The quantitative estimate of drug-likeness (QED) is 0.592. The number of hydrogen-bond donors (Lipinski definition) is 2. The molecule has 9 heteroatoms. The summed E-state index contributed by atoms with van der Waals surface area (Å²) in [5.41, 5.74) is 1.15. The number of carbonyl (C=O) groups is 2. The van der Waals surface area contributed by atoms with Gasteiger partial charge in [0, 0.05) is 9.99 Å². The zero-order valence-electron chi connectivity index (χ0n) is 14.0. The van der Waals surface area contributed by atoms with Gasteiger partial charge < -0.3 is 10.4 Å². The van der Waals surface area contributed by atoms with Crippen LogP contribution in [0.5, 0.6) is 0 Å². The van der Waals surface area contributed by atoms with Crippen LogP contribution in [0.3, 0.4) is 0 Å². The number of nitrogens with zero attached hydrogens (tertiary/aromatic N) is 1. The minimum Gasteiger partial charge on any atom is -0.478 e. The fourth-order valence-electron chi connectivity index (χ4n) is 2.76. The molecule has 0 atom stereocenters. The molecule has 27 heavy (non-hydrogen) atoms. The largest absolute Gasteiger partial charge is 0.478 e. The Balaban J connectivity index is 1.70. The number of amidine groups is 1. The lowest BCUT2D eigenvalue weighted by Gasteiger charge is -2.17. The standard InChI is InChI=1S/C18H15IN2O5S/c19-12-8-9-14-16(10-12)27(25,26)21-17(20-14)15(22)7-3-5-11-4-1-2-6-13(11)18(23)24/h1-2,4,6,8-10H,3,5,7H2,(H,20,21)(H,23,24). The number of nitrogens with one attached hydrogen (secondary N) is 1. The second-order valence-corrected chi connectivity index (χ2v) is 8.74. The van der Waals surface area contributed by atoms with Crippen LogP contribution in [-0.4, -0.2) is 31.1 Å². The third-order valence-corrected chi connectivity index (χ3v) is 6.04. The van der Waals surface area contributed by atoms with E-state index in [0.29, 0.717) is 24.1 Å². The van der Waals surface area contributed by atoms with E-state index in [4.69, 9.17) is 0 Å². The number of sulfonamides is 1. The molecule has 3 rings (SSSR count). The number of ketones is 1. The Kier molecular flexibility index (Phi) is 5.61. The summed E-state index contributed by atoms with van der Waals surface area (Å²) in [6.45, 7) is 0. The van der Waals surface area contributed by atoms with Gasteiger partial charge in [-0.1, -0.05) is 18.2 Å². The number of carboxylic acids is 1. The number of benzene rings is 2. The smallest absolute Gasteiger partial charge is 0.335 e. The number of aryl methyl sites for hydroxylation is 1. The molecule has 1 aliphatic rings. The topological polar surface area (TPSA) is 113 Å². The number of carboxylic acid groups (broad SMARTS) is 1. The predicted molar refractivity (Wildman–Crippen MR) is 109 cm³/mol. The minimum absolute atomic E-state index is 0.0429. The highest BCUT2D eigenvalue weighted by Gasteiger charge is 2.28. The van der Waals surface area contributed by atoms with Gasteiger partial charge in [-0.05, 0) is 65.3 Å². The Morgan fingerprint density at radius 2 is 1.89 bits per heavy atom. The third kappa shape index (κ3) is 4.35. The first-order valence-electron chi connectivity index (χ1n) is 8.04. The van der Waals surface area contributed by atoms with Gasteiger partial charge in [0.2, 0.25) is 0 Å². The molecule has 2 aromatic rings. The van der Waals surface area contributed by atoms with Gasteiger partial charge in [-0.25, -0.2) is 4.79 Å². The molecule has 0 bridgehead atoms. The van der Waals surface area contributed by atoms with Crippen molar-refractivity contribution in [2.75, 3.05) is 5.32 Å². The summed E-state index contributed by atoms with van der Waals surface area (Å²) in [4.78, 5) is 23.7. The van der Waals surface area contributed by atoms with Crippen LogP contribution in [0.2, 0.25) is 0 Å². The molecule has 0 fully saturated rings. The average molecular weight is 498 g/mol. The van der Waals surface area contributed by atoms with Crippen LogP contribution < -0.4 is 5.32 Å². The Morgan fingerprint density at radius 1 is 1.15 bits per heavy atom. The molecule has 1 heterocycles. The first-order chi connectivity index (χ1) is 12.8. The average Bonchev–Trinajstić information content (AvgIpc) is 2.62. The molecule has 7 nitrogen and oxygen atoms in total. The Bertz CT molecular complexity index is 1060. The Morgan fingerprint density at radius 3 is 2.63 bits per heavy atom. The molecule has 2 aromatic carbocycles. The maximum absolute atomic E-state index is 12.4. The molecule has 0 saturated carbocycles. The SMILES string of the molecule is O=C(CCCc1ccccc1C(=O)O)C1=NS(=O)(=O)c2cc(I)ccc2N1. The molecule has 0 saturated heterocycles. The lowest BCUT2D eigenvalue weighted by atomic mass is 10.0. The predicted octanol–water partition coefficient (Wildman–Crippen LogP) is 3.09. The van der Waals surface area contributed by atoms with Crippen molar-refractivity contribution in [1.82, 2.24) is 0 Å². The van der Waals surface area contributed by atoms with Gasteiger partial charge in [-0.3, -0.25) is 4.79 Å². The third-order valence-electron chi connectivity index (χ3n) is 4.05. The number of fused-ring (bicyclic) bond motifs is 1. The fourth-order valence-corrected chi connectivity index (χ4v) is 4.62. The van der Waals surface area contributed by atoms with Crippen LogP contribution in [0, 0.1) is 3.57 Å². The second kappa shape index (κ2) is 7.77. The van der Waals surface area contributed by atoms with Crippen LogP contribution in [0.25, 0.3) is 0 Å². The van der Waals surface area contributed by atoms with Gasteiger partial charge in [-0.2, -0.15) is 8.42 Å². The van der Waals surface area contributed by atoms with Crippen LogP contribution in [0.15, 0.2) is 51.8 Å². The number of rotatable bonds is 6. The molecule has 0 aromatic heterocycles. The van der Waals surface area contributed by atoms with E-state index in [2.05, 4.69) is 9.71 Å². The molecule has 1 aliphatic heterocycles. The fraction of sp³-hybridized carbons (Fsp3) is 0.167. The lowest BCUT2D eigenvalue weighted by molar-refractivity contribution is -0.113. The van der Waals surface area contributed by atoms with Crippen molar-refractivity contribution in [2.24, 2.45) is 4.40 Å². The van der Waals surface area contributed by atoms with Crippen molar-refractivity contribution >= 4 is 55.9 Å². The minimum atomic E-state index is -3.93. The maximum atomic E-state index is 12.4. The zero-order valence-corrected chi connectivity index (χ0v) is 17.0. The summed E-state index contributed by atoms with van der Waals surface area (Å²) in [7, 11) is -3.93. The van der Waals surface area contributed by atoms with E-state index >= 15 is 0 Å². The van der Waals surface area contributed by atoms with Crippen LogP contribution in [-0.2, 0) is 21.2 Å². The molecule has 140 valence electrons. The highest BCUT2D eigenvalue weighted by Crippen LogP contribution is 2.29. The molecule has 2 N–H and O–H groups in total. The summed E-state index contributed by atoms with van der Waals surface area (Å²) in [6.07, 6.45) is 0.821. The molecule has 0 radical (unpaired) electrons. The van der Waals surface area contributed by atoms with Crippen molar-refractivity contribution < 1.29 is 23.1 Å². The van der Waals surface area contributed by atoms with Crippen molar-refractivity contribution in [3.05, 3.63) is 57.2 Å². The number of anilines is 1. The number of halogens is 1. The normalized spacial score (nSPS) is 14.6. The highest BCUT2D eigenvalue weighted by molar-refractivity contribution is 14.1. The van der Waals surface area contributed by atoms with Gasteiger partial charge in [0.05, 0.1) is 11.3 Å². The van der Waals surface area contributed by atoms with Crippen LogP contribution in [0.1, 0.15) is 28.8 Å². The van der Waals surface area contributed by atoms with Gasteiger partial charge in [0.15, 0.2) is 11.6 Å². The Hall–Kier alpha value is -2.27. The molecule has 0 aliphatic carbocycles. The van der Waals surface area contributed by atoms with Crippen molar-refractivity contribution in [2.45, 2.75) is 24.2 Å². The first kappa shape index (κ1) is 19.5. The zero-order chi connectivity index (χ0) is 19.6. The van der Waals surface area contributed by atoms with Gasteiger partial charge in [-0.15, -0.1) is 4.40 Å². The summed E-state index contributed by atoms with van der Waals surface area (Å²) in [5.74, 6) is -1.67. The molecule has 0 spiro atoms. The molecule has 0 unspecified atom stereocenters.